The Morgan fingerprint density at radius 2 is 1.40 bits per heavy atom. The Morgan fingerprint density at radius 1 is 1.20 bits per heavy atom. The van der Waals surface area contributed by atoms with Crippen LogP contribution in [0.2, 0.25) is 0 Å². The van der Waals surface area contributed by atoms with E-state index in [9.17, 15) is 0 Å². The summed E-state index contributed by atoms with van der Waals surface area (Å²) in [5.41, 5.74) is 0. The minimum absolute atomic E-state index is 0. The van der Waals surface area contributed by atoms with Gasteiger partial charge >= 0.3 is 1.43 Å². The molecular weight excluding hydrogens is 113 g/mol. The summed E-state index contributed by atoms with van der Waals surface area (Å²) in [7, 11) is 0. The van der Waals surface area contributed by atoms with Crippen LogP contribution in [0, 0.1) is 0 Å². The Kier molecular flexibility index (Phi) is 16.2. The van der Waals surface area contributed by atoms with Gasteiger partial charge in [0, 0.05) is 19.5 Å². The van der Waals surface area contributed by atoms with E-state index in [1.807, 2.05) is 0 Å². The van der Waals surface area contributed by atoms with Crippen molar-refractivity contribution in [3.8, 4) is 0 Å². The van der Waals surface area contributed by atoms with Gasteiger partial charge in [-0.3, -0.25) is 0 Å². The van der Waals surface area contributed by atoms with Gasteiger partial charge in [0.05, 0.1) is 0 Å². The Labute approximate surface area is 48.2 Å². The average molecular weight is 125 g/mol. The first-order chi connectivity index (χ1) is 1.91. The Balaban J connectivity index is -0.0000000450. The molecule has 0 aliphatic heterocycles. The third kappa shape index (κ3) is 12.1. The Morgan fingerprint density at radius 3 is 1.40 bits per heavy atom. The predicted molar refractivity (Wildman–Crippen MR) is 21.7 cm³/mol. The fourth-order valence-electron chi connectivity index (χ4n) is 0. The molecule has 0 amide bonds. The molecule has 0 nitrogen and oxygen atoms in total. The Bertz CT molecular complexity index is 9.51. The van der Waals surface area contributed by atoms with Crippen molar-refractivity contribution < 1.29 is 20.9 Å². The quantitative estimate of drug-likeness (QED) is 0.469. The van der Waals surface area contributed by atoms with Gasteiger partial charge in [0.2, 0.25) is 0 Å². The molecule has 0 aliphatic carbocycles. The molecule has 5 heavy (non-hydrogen) atoms. The van der Waals surface area contributed by atoms with Gasteiger partial charge in [-0.1, -0.05) is 26.7 Å². The third-order valence-electron chi connectivity index (χ3n) is 0.500. The first-order valence-corrected chi connectivity index (χ1v) is 1.91. The van der Waals surface area contributed by atoms with Gasteiger partial charge in [0.25, 0.3) is 0 Å². The predicted octanol–water partition coefficient (Wildman–Crippen LogP) is 1.92. The van der Waals surface area contributed by atoms with Crippen LogP contribution in [-0.4, -0.2) is 0 Å². The number of rotatable bonds is 1. The van der Waals surface area contributed by atoms with Crippen LogP contribution in [0.25, 0.3) is 0 Å². The molecule has 0 saturated heterocycles. The monoisotopic (exact) mass is 123 g/mol. The second-order valence-electron chi connectivity index (χ2n) is 1.000. The molecular formula is C4H11Zn+. The van der Waals surface area contributed by atoms with E-state index >= 15 is 0 Å². The molecule has 0 radical (unpaired) electrons. The van der Waals surface area contributed by atoms with E-state index in [-0.39, 0.29) is 20.9 Å². The van der Waals surface area contributed by atoms with Crippen molar-refractivity contribution >= 4 is 0 Å². The summed E-state index contributed by atoms with van der Waals surface area (Å²) in [6, 6.07) is 0. The van der Waals surface area contributed by atoms with Crippen LogP contribution in [-0.2, 0) is 19.5 Å². The van der Waals surface area contributed by atoms with E-state index in [4.69, 9.17) is 0 Å². The van der Waals surface area contributed by atoms with Gasteiger partial charge in [-0.25, -0.2) is 0 Å². The van der Waals surface area contributed by atoms with Gasteiger partial charge in [-0.15, -0.1) is 0 Å². The minimum atomic E-state index is 0. The molecule has 0 spiro atoms. The van der Waals surface area contributed by atoms with E-state index in [0.29, 0.717) is 0 Å². The third-order valence-corrected chi connectivity index (χ3v) is 0.500. The van der Waals surface area contributed by atoms with Gasteiger partial charge in [-0.05, 0) is 0 Å². The fourth-order valence-corrected chi connectivity index (χ4v) is 0. The molecule has 0 atom stereocenters. The van der Waals surface area contributed by atoms with E-state index in [2.05, 4.69) is 13.8 Å². The second kappa shape index (κ2) is 8.82. The molecule has 0 bridgehead atoms. The number of hydrogen-bond donors (Lipinski definition) is 0. The number of unbranched alkanes of at least 4 members (excludes halogenated alkanes) is 1. The van der Waals surface area contributed by atoms with Crippen LogP contribution in [0.15, 0.2) is 0 Å². The van der Waals surface area contributed by atoms with Crippen molar-refractivity contribution in [2.45, 2.75) is 26.7 Å². The summed E-state index contributed by atoms with van der Waals surface area (Å²) in [4.78, 5) is 0. The molecule has 0 aliphatic rings. The first kappa shape index (κ1) is 9.16. The van der Waals surface area contributed by atoms with Crippen molar-refractivity contribution in [2.24, 2.45) is 0 Å². The topological polar surface area (TPSA) is 0 Å². The molecule has 0 saturated carbocycles. The maximum absolute atomic E-state index is 2.18. The SMILES string of the molecule is CCCC.[H+].[Zn]. The minimum Gasteiger partial charge on any atom is -0.0654 e. The smallest absolute Gasteiger partial charge is 0.0654 e. The van der Waals surface area contributed by atoms with E-state index in [1.54, 1.807) is 0 Å². The molecule has 28 valence electrons. The van der Waals surface area contributed by atoms with Crippen LogP contribution in [0.5, 0.6) is 0 Å². The molecule has 1 heteroatoms. The maximum Gasteiger partial charge on any atom is 1.00 e. The molecule has 0 N–H and O–H groups in total. The van der Waals surface area contributed by atoms with Gasteiger partial charge < -0.3 is 0 Å². The van der Waals surface area contributed by atoms with Crippen molar-refractivity contribution in [3.05, 3.63) is 0 Å². The van der Waals surface area contributed by atoms with E-state index in [0.717, 1.165) is 0 Å². The van der Waals surface area contributed by atoms with Crippen LogP contribution in [0.4, 0.5) is 0 Å². The molecule has 0 aromatic rings. The summed E-state index contributed by atoms with van der Waals surface area (Å²) in [5, 5.41) is 0. The second-order valence-corrected chi connectivity index (χ2v) is 1.000. The largest absolute Gasteiger partial charge is 1.00 e. The van der Waals surface area contributed by atoms with Crippen molar-refractivity contribution in [1.82, 2.24) is 0 Å². The van der Waals surface area contributed by atoms with E-state index in [1.165, 1.54) is 12.8 Å². The normalized spacial score (nSPS) is 6.00. The van der Waals surface area contributed by atoms with Crippen molar-refractivity contribution in [2.75, 3.05) is 0 Å². The van der Waals surface area contributed by atoms with Crippen LogP contribution < -0.4 is 0 Å². The first-order valence-electron chi connectivity index (χ1n) is 1.91. The fraction of sp³-hybridized carbons (Fsp3) is 1.00. The summed E-state index contributed by atoms with van der Waals surface area (Å²) < 4.78 is 0. The Hall–Kier alpha value is 0.623. The van der Waals surface area contributed by atoms with Gasteiger partial charge in [-0.2, -0.15) is 0 Å². The van der Waals surface area contributed by atoms with E-state index < -0.39 is 0 Å². The van der Waals surface area contributed by atoms with Crippen molar-refractivity contribution in [1.29, 1.82) is 0 Å². The summed E-state index contributed by atoms with van der Waals surface area (Å²) in [6.45, 7) is 4.36. The average Bonchev–Trinajstić information content (AvgIpc) is 1.37. The zero-order valence-corrected chi connectivity index (χ0v) is 7.09. The molecule has 0 fully saturated rings. The van der Waals surface area contributed by atoms with Crippen LogP contribution in [0.3, 0.4) is 0 Å². The molecule has 0 heterocycles. The maximum atomic E-state index is 2.18. The molecule has 0 aromatic heterocycles. The van der Waals surface area contributed by atoms with Crippen LogP contribution in [0.1, 0.15) is 28.1 Å². The summed E-state index contributed by atoms with van der Waals surface area (Å²) in [5.74, 6) is 0. The molecule has 0 unspecified atom stereocenters. The standard InChI is InChI=1S/C4H10.Zn/c1-3-4-2;/h3-4H2,1-2H3;/p+1. The molecule has 0 rings (SSSR count). The van der Waals surface area contributed by atoms with Crippen LogP contribution >= 0.6 is 0 Å². The van der Waals surface area contributed by atoms with Gasteiger partial charge in [0.15, 0.2) is 0 Å². The molecule has 0 aromatic carbocycles. The summed E-state index contributed by atoms with van der Waals surface area (Å²) in [6.07, 6.45) is 2.64. The zero-order valence-electron chi connectivity index (χ0n) is 5.12. The summed E-state index contributed by atoms with van der Waals surface area (Å²) >= 11 is 0. The zero-order chi connectivity index (χ0) is 3.41. The van der Waals surface area contributed by atoms with Crippen molar-refractivity contribution in [3.63, 3.8) is 0 Å². The number of hydrogen-bond acceptors (Lipinski definition) is 0. The van der Waals surface area contributed by atoms with Gasteiger partial charge in [0.1, 0.15) is 0 Å².